The van der Waals surface area contributed by atoms with Crippen LogP contribution in [-0.2, 0) is 9.59 Å². The standard InChI is InChI=1S/C11H14N2O2/c12-3-4-13-10(14)8-6-1-2-7(5-6)9(8)11(13)15/h1-2,6-9H,3-5,12H2/t6-,7-,8-,9+/m0/s1. The first-order chi connectivity index (χ1) is 7.24. The van der Waals surface area contributed by atoms with Crippen molar-refractivity contribution in [3.63, 3.8) is 0 Å². The summed E-state index contributed by atoms with van der Waals surface area (Å²) in [6.07, 6.45) is 5.19. The second kappa shape index (κ2) is 2.92. The van der Waals surface area contributed by atoms with Crippen LogP contribution in [0.2, 0.25) is 0 Å². The summed E-state index contributed by atoms with van der Waals surface area (Å²) in [4.78, 5) is 25.3. The summed E-state index contributed by atoms with van der Waals surface area (Å²) in [6.45, 7) is 0.740. The van der Waals surface area contributed by atoms with Crippen molar-refractivity contribution >= 4 is 11.8 Å². The molecule has 2 aliphatic carbocycles. The number of nitrogens with two attached hydrogens (primary N) is 1. The van der Waals surface area contributed by atoms with Gasteiger partial charge in [-0.05, 0) is 18.3 Å². The number of carbonyl (C=O) groups is 2. The molecule has 2 fully saturated rings. The average molecular weight is 206 g/mol. The van der Waals surface area contributed by atoms with Crippen LogP contribution in [0.25, 0.3) is 0 Å². The van der Waals surface area contributed by atoms with Gasteiger partial charge in [-0.15, -0.1) is 0 Å². The van der Waals surface area contributed by atoms with Gasteiger partial charge in [0, 0.05) is 13.1 Å². The van der Waals surface area contributed by atoms with E-state index in [1.54, 1.807) is 0 Å². The Morgan fingerprint density at radius 1 is 1.20 bits per heavy atom. The predicted molar refractivity (Wildman–Crippen MR) is 53.5 cm³/mol. The number of nitrogens with zero attached hydrogens (tertiary/aromatic N) is 1. The fourth-order valence-electron chi connectivity index (χ4n) is 3.31. The molecule has 0 aromatic carbocycles. The van der Waals surface area contributed by atoms with E-state index in [2.05, 4.69) is 12.2 Å². The molecular formula is C11H14N2O2. The van der Waals surface area contributed by atoms with Gasteiger partial charge in [-0.3, -0.25) is 14.5 Å². The van der Waals surface area contributed by atoms with Crippen molar-refractivity contribution in [2.45, 2.75) is 6.42 Å². The average Bonchev–Trinajstić information content (AvgIpc) is 2.87. The van der Waals surface area contributed by atoms with Crippen molar-refractivity contribution in [2.24, 2.45) is 29.4 Å². The Balaban J connectivity index is 1.93. The molecule has 0 spiro atoms. The van der Waals surface area contributed by atoms with E-state index in [4.69, 9.17) is 5.73 Å². The van der Waals surface area contributed by atoms with Crippen molar-refractivity contribution in [1.29, 1.82) is 0 Å². The van der Waals surface area contributed by atoms with Crippen molar-refractivity contribution < 1.29 is 9.59 Å². The van der Waals surface area contributed by atoms with Crippen LogP contribution in [0, 0.1) is 23.7 Å². The molecule has 3 aliphatic rings. The van der Waals surface area contributed by atoms with Crippen molar-refractivity contribution in [2.75, 3.05) is 13.1 Å². The van der Waals surface area contributed by atoms with Gasteiger partial charge in [0.05, 0.1) is 11.8 Å². The normalized spacial score (nSPS) is 41.8. The minimum atomic E-state index is -0.0703. The highest BCUT2D eigenvalue weighted by atomic mass is 16.2. The van der Waals surface area contributed by atoms with E-state index >= 15 is 0 Å². The first-order valence-corrected chi connectivity index (χ1v) is 5.47. The minimum Gasteiger partial charge on any atom is -0.329 e. The lowest BCUT2D eigenvalue weighted by molar-refractivity contribution is -0.140. The summed E-state index contributed by atoms with van der Waals surface area (Å²) in [5.41, 5.74) is 5.41. The highest BCUT2D eigenvalue weighted by Gasteiger charge is 2.58. The van der Waals surface area contributed by atoms with Gasteiger partial charge in [0.2, 0.25) is 11.8 Å². The van der Waals surface area contributed by atoms with Crippen LogP contribution in [0.4, 0.5) is 0 Å². The summed E-state index contributed by atoms with van der Waals surface area (Å²) >= 11 is 0. The number of hydrogen-bond donors (Lipinski definition) is 1. The fourth-order valence-corrected chi connectivity index (χ4v) is 3.31. The molecule has 0 aromatic heterocycles. The summed E-state index contributed by atoms with van der Waals surface area (Å²) in [7, 11) is 0. The number of fused-ring (bicyclic) bond motifs is 5. The highest BCUT2D eigenvalue weighted by Crippen LogP contribution is 2.52. The topological polar surface area (TPSA) is 63.4 Å². The number of likely N-dealkylation sites (tertiary alicyclic amines) is 1. The Kier molecular flexibility index (Phi) is 1.77. The van der Waals surface area contributed by atoms with Gasteiger partial charge in [0.15, 0.2) is 0 Å². The van der Waals surface area contributed by atoms with Crippen LogP contribution in [-0.4, -0.2) is 29.8 Å². The molecule has 2 N–H and O–H groups in total. The SMILES string of the molecule is NCCN1C(=O)[C@@H]2[C@H](C1=O)[C@H]1C=C[C@H]2C1. The van der Waals surface area contributed by atoms with Crippen molar-refractivity contribution in [3.05, 3.63) is 12.2 Å². The monoisotopic (exact) mass is 206 g/mol. The Bertz CT molecular complexity index is 334. The molecule has 4 heteroatoms. The molecule has 2 bridgehead atoms. The van der Waals surface area contributed by atoms with E-state index < -0.39 is 0 Å². The van der Waals surface area contributed by atoms with Crippen LogP contribution >= 0.6 is 0 Å². The third kappa shape index (κ3) is 1.00. The minimum absolute atomic E-state index is 0.00676. The lowest BCUT2D eigenvalue weighted by Gasteiger charge is -2.15. The first-order valence-electron chi connectivity index (χ1n) is 5.47. The van der Waals surface area contributed by atoms with Crippen LogP contribution in [0.1, 0.15) is 6.42 Å². The number of amides is 2. The summed E-state index contributed by atoms with van der Waals surface area (Å²) in [6, 6.07) is 0. The highest BCUT2D eigenvalue weighted by molar-refractivity contribution is 6.06. The van der Waals surface area contributed by atoms with Gasteiger partial charge in [-0.1, -0.05) is 12.2 Å². The van der Waals surface area contributed by atoms with Gasteiger partial charge in [-0.25, -0.2) is 0 Å². The Labute approximate surface area is 88.1 Å². The molecule has 15 heavy (non-hydrogen) atoms. The summed E-state index contributed by atoms with van der Waals surface area (Å²) in [5.74, 6) is 0.483. The van der Waals surface area contributed by atoms with E-state index in [1.165, 1.54) is 4.90 Å². The largest absolute Gasteiger partial charge is 0.329 e. The molecule has 1 saturated heterocycles. The fraction of sp³-hybridized carbons (Fsp3) is 0.636. The van der Waals surface area contributed by atoms with Crippen LogP contribution < -0.4 is 5.73 Å². The van der Waals surface area contributed by atoms with E-state index in [0.29, 0.717) is 24.9 Å². The van der Waals surface area contributed by atoms with Crippen LogP contribution in [0.15, 0.2) is 12.2 Å². The van der Waals surface area contributed by atoms with Crippen LogP contribution in [0.3, 0.4) is 0 Å². The summed E-state index contributed by atoms with van der Waals surface area (Å²) < 4.78 is 0. The third-order valence-electron chi connectivity index (χ3n) is 3.91. The lowest BCUT2D eigenvalue weighted by atomic mass is 9.85. The van der Waals surface area contributed by atoms with E-state index in [0.717, 1.165) is 6.42 Å². The van der Waals surface area contributed by atoms with Gasteiger partial charge >= 0.3 is 0 Å². The number of rotatable bonds is 2. The van der Waals surface area contributed by atoms with Crippen molar-refractivity contribution in [3.8, 4) is 0 Å². The van der Waals surface area contributed by atoms with Gasteiger partial charge in [-0.2, -0.15) is 0 Å². The molecular weight excluding hydrogens is 192 g/mol. The zero-order chi connectivity index (χ0) is 10.6. The second-order valence-corrected chi connectivity index (χ2v) is 4.62. The molecule has 1 aliphatic heterocycles. The number of carbonyl (C=O) groups excluding carboxylic acids is 2. The number of hydrogen-bond acceptors (Lipinski definition) is 3. The Hall–Kier alpha value is -1.16. The third-order valence-corrected chi connectivity index (χ3v) is 3.91. The number of imide groups is 1. The Morgan fingerprint density at radius 2 is 1.73 bits per heavy atom. The van der Waals surface area contributed by atoms with Crippen LogP contribution in [0.5, 0.6) is 0 Å². The van der Waals surface area contributed by atoms with Crippen molar-refractivity contribution in [1.82, 2.24) is 4.90 Å². The number of allylic oxidation sites excluding steroid dienone is 2. The Morgan fingerprint density at radius 3 is 2.20 bits per heavy atom. The maximum atomic E-state index is 12.0. The molecule has 0 aromatic rings. The molecule has 3 rings (SSSR count). The van der Waals surface area contributed by atoms with Gasteiger partial charge in [0.25, 0.3) is 0 Å². The molecule has 4 nitrogen and oxygen atoms in total. The zero-order valence-electron chi connectivity index (χ0n) is 8.43. The maximum Gasteiger partial charge on any atom is 0.233 e. The smallest absolute Gasteiger partial charge is 0.233 e. The predicted octanol–water partition coefficient (Wildman–Crippen LogP) is -0.248. The molecule has 1 saturated carbocycles. The van der Waals surface area contributed by atoms with E-state index in [1.807, 2.05) is 0 Å². The van der Waals surface area contributed by atoms with E-state index in [9.17, 15) is 9.59 Å². The molecule has 0 unspecified atom stereocenters. The molecule has 80 valence electrons. The maximum absolute atomic E-state index is 12.0. The molecule has 4 atom stereocenters. The molecule has 2 amide bonds. The molecule has 0 radical (unpaired) electrons. The first kappa shape index (κ1) is 9.09. The lowest BCUT2D eigenvalue weighted by Crippen LogP contribution is -2.36. The van der Waals surface area contributed by atoms with Gasteiger partial charge in [0.1, 0.15) is 0 Å². The zero-order valence-corrected chi connectivity index (χ0v) is 8.43. The summed E-state index contributed by atoms with van der Waals surface area (Å²) in [5, 5.41) is 0. The molecule has 1 heterocycles. The van der Waals surface area contributed by atoms with Gasteiger partial charge < -0.3 is 5.73 Å². The van der Waals surface area contributed by atoms with E-state index in [-0.39, 0.29) is 23.7 Å². The quantitative estimate of drug-likeness (QED) is 0.500. The second-order valence-electron chi connectivity index (χ2n) is 4.62.